The lowest BCUT2D eigenvalue weighted by molar-refractivity contribution is 0.127. The van der Waals surface area contributed by atoms with Gasteiger partial charge < -0.3 is 5.11 Å². The molecule has 0 atom stereocenters. The van der Waals surface area contributed by atoms with Crippen molar-refractivity contribution in [3.63, 3.8) is 0 Å². The number of nitrogens with zero attached hydrogens (tertiary/aromatic N) is 1. The van der Waals surface area contributed by atoms with Crippen molar-refractivity contribution in [1.29, 1.82) is 0 Å². The standard InChI is InChI=1S/C11H20ClNO/c1-10(8-12)9-13(6-3-7-14)11-4-2-5-11/h11,14H,1-9H2. The Labute approximate surface area is 91.6 Å². The molecule has 0 heterocycles. The first kappa shape index (κ1) is 12.0. The summed E-state index contributed by atoms with van der Waals surface area (Å²) in [5.74, 6) is 0.544. The summed E-state index contributed by atoms with van der Waals surface area (Å²) in [6.45, 7) is 6.07. The van der Waals surface area contributed by atoms with E-state index in [-0.39, 0.29) is 6.61 Å². The number of aliphatic hydroxyl groups excluding tert-OH is 1. The van der Waals surface area contributed by atoms with Crippen molar-refractivity contribution in [3.8, 4) is 0 Å². The maximum Gasteiger partial charge on any atom is 0.0443 e. The van der Waals surface area contributed by atoms with Crippen LogP contribution in [0.5, 0.6) is 0 Å². The average Bonchev–Trinajstić information content (AvgIpc) is 2.11. The summed E-state index contributed by atoms with van der Waals surface area (Å²) >= 11 is 5.72. The van der Waals surface area contributed by atoms with E-state index in [1.165, 1.54) is 19.3 Å². The fraction of sp³-hybridized carbons (Fsp3) is 0.818. The van der Waals surface area contributed by atoms with Crippen LogP contribution >= 0.6 is 11.6 Å². The maximum absolute atomic E-state index is 8.80. The van der Waals surface area contributed by atoms with Gasteiger partial charge in [0.25, 0.3) is 0 Å². The second-order valence-electron chi connectivity index (χ2n) is 4.02. The van der Waals surface area contributed by atoms with E-state index in [2.05, 4.69) is 11.5 Å². The summed E-state index contributed by atoms with van der Waals surface area (Å²) in [7, 11) is 0. The van der Waals surface area contributed by atoms with Crippen molar-refractivity contribution in [2.24, 2.45) is 0 Å². The molecule has 0 radical (unpaired) electrons. The van der Waals surface area contributed by atoms with Gasteiger partial charge in [-0.05, 0) is 24.8 Å². The van der Waals surface area contributed by atoms with E-state index in [0.29, 0.717) is 11.9 Å². The van der Waals surface area contributed by atoms with Gasteiger partial charge in [0.05, 0.1) is 0 Å². The SMILES string of the molecule is C=C(CCl)CN(CCCO)C1CCC1. The molecular weight excluding hydrogens is 198 g/mol. The zero-order valence-electron chi connectivity index (χ0n) is 8.71. The second kappa shape index (κ2) is 6.44. The highest BCUT2D eigenvalue weighted by atomic mass is 35.5. The highest BCUT2D eigenvalue weighted by molar-refractivity contribution is 6.19. The molecule has 0 aromatic heterocycles. The summed E-state index contributed by atoms with van der Waals surface area (Å²) in [6.07, 6.45) is 4.78. The van der Waals surface area contributed by atoms with Gasteiger partial charge in [0.1, 0.15) is 0 Å². The molecule has 0 aromatic rings. The molecule has 0 amide bonds. The summed E-state index contributed by atoms with van der Waals surface area (Å²) < 4.78 is 0. The van der Waals surface area contributed by atoms with Crippen LogP contribution in [0.1, 0.15) is 25.7 Å². The molecule has 0 unspecified atom stereocenters. The van der Waals surface area contributed by atoms with Gasteiger partial charge in [-0.25, -0.2) is 0 Å². The number of aliphatic hydroxyl groups is 1. The molecule has 1 rings (SSSR count). The molecule has 1 N–H and O–H groups in total. The van der Waals surface area contributed by atoms with Crippen molar-refractivity contribution in [1.82, 2.24) is 4.90 Å². The van der Waals surface area contributed by atoms with Crippen LogP contribution in [0.4, 0.5) is 0 Å². The molecule has 1 fully saturated rings. The Kier molecular flexibility index (Phi) is 5.53. The number of hydrogen-bond acceptors (Lipinski definition) is 2. The van der Waals surface area contributed by atoms with Crippen molar-refractivity contribution in [3.05, 3.63) is 12.2 Å². The highest BCUT2D eigenvalue weighted by Gasteiger charge is 2.24. The van der Waals surface area contributed by atoms with Gasteiger partial charge in [0, 0.05) is 31.6 Å². The number of hydrogen-bond donors (Lipinski definition) is 1. The van der Waals surface area contributed by atoms with Gasteiger partial charge in [-0.3, -0.25) is 4.90 Å². The van der Waals surface area contributed by atoms with Crippen LogP contribution in [0.3, 0.4) is 0 Å². The first-order valence-electron chi connectivity index (χ1n) is 5.35. The van der Waals surface area contributed by atoms with Crippen LogP contribution in [0.25, 0.3) is 0 Å². The van der Waals surface area contributed by atoms with E-state index in [1.807, 2.05) is 0 Å². The van der Waals surface area contributed by atoms with Crippen LogP contribution in [0.2, 0.25) is 0 Å². The zero-order chi connectivity index (χ0) is 10.4. The van der Waals surface area contributed by atoms with Crippen LogP contribution < -0.4 is 0 Å². The van der Waals surface area contributed by atoms with Crippen LogP contribution in [0.15, 0.2) is 12.2 Å². The summed E-state index contributed by atoms with van der Waals surface area (Å²) in [6, 6.07) is 0.710. The minimum atomic E-state index is 0.274. The number of alkyl halides is 1. The van der Waals surface area contributed by atoms with E-state index in [4.69, 9.17) is 16.7 Å². The van der Waals surface area contributed by atoms with Gasteiger partial charge in [0.2, 0.25) is 0 Å². The Hall–Kier alpha value is -0.0500. The fourth-order valence-electron chi connectivity index (χ4n) is 1.75. The molecule has 14 heavy (non-hydrogen) atoms. The first-order valence-corrected chi connectivity index (χ1v) is 5.89. The smallest absolute Gasteiger partial charge is 0.0443 e. The third kappa shape index (κ3) is 3.60. The Balaban J connectivity index is 2.31. The molecule has 82 valence electrons. The highest BCUT2D eigenvalue weighted by Crippen LogP contribution is 2.25. The predicted molar refractivity (Wildman–Crippen MR) is 60.8 cm³/mol. The van der Waals surface area contributed by atoms with Crippen molar-refractivity contribution >= 4 is 11.6 Å². The average molecular weight is 218 g/mol. The van der Waals surface area contributed by atoms with E-state index in [0.717, 1.165) is 25.1 Å². The Bertz CT molecular complexity index is 180. The Morgan fingerprint density at radius 1 is 1.50 bits per heavy atom. The molecule has 3 heteroatoms. The normalized spacial score (nSPS) is 17.1. The molecule has 1 aliphatic carbocycles. The van der Waals surface area contributed by atoms with Crippen molar-refractivity contribution in [2.45, 2.75) is 31.7 Å². The molecular formula is C11H20ClNO. The van der Waals surface area contributed by atoms with Crippen molar-refractivity contribution in [2.75, 3.05) is 25.6 Å². The minimum absolute atomic E-state index is 0.274. The molecule has 1 aliphatic rings. The lowest BCUT2D eigenvalue weighted by Gasteiger charge is -2.37. The predicted octanol–water partition coefficient (Wildman–Crippen LogP) is 2.02. The van der Waals surface area contributed by atoms with Crippen LogP contribution in [-0.2, 0) is 0 Å². The topological polar surface area (TPSA) is 23.5 Å². The molecule has 0 saturated heterocycles. The quantitative estimate of drug-likeness (QED) is 0.521. The largest absolute Gasteiger partial charge is 0.396 e. The molecule has 1 saturated carbocycles. The van der Waals surface area contributed by atoms with Crippen LogP contribution in [0, 0.1) is 0 Å². The molecule has 0 aromatic carbocycles. The van der Waals surface area contributed by atoms with Gasteiger partial charge in [0.15, 0.2) is 0 Å². The fourth-order valence-corrected chi connectivity index (χ4v) is 1.83. The van der Waals surface area contributed by atoms with Crippen molar-refractivity contribution < 1.29 is 5.11 Å². The van der Waals surface area contributed by atoms with E-state index < -0.39 is 0 Å². The van der Waals surface area contributed by atoms with E-state index in [1.54, 1.807) is 0 Å². The van der Waals surface area contributed by atoms with Crippen LogP contribution in [-0.4, -0.2) is 41.6 Å². The second-order valence-corrected chi connectivity index (χ2v) is 4.28. The number of halogens is 1. The van der Waals surface area contributed by atoms with E-state index >= 15 is 0 Å². The molecule has 0 spiro atoms. The Morgan fingerprint density at radius 2 is 2.21 bits per heavy atom. The number of rotatable bonds is 7. The minimum Gasteiger partial charge on any atom is -0.396 e. The lowest BCUT2D eigenvalue weighted by atomic mass is 9.91. The third-order valence-electron chi connectivity index (χ3n) is 2.81. The monoisotopic (exact) mass is 217 g/mol. The van der Waals surface area contributed by atoms with Gasteiger partial charge in [-0.15, -0.1) is 11.6 Å². The molecule has 0 bridgehead atoms. The zero-order valence-corrected chi connectivity index (χ0v) is 9.47. The molecule has 2 nitrogen and oxygen atoms in total. The summed E-state index contributed by atoms with van der Waals surface area (Å²) in [4.78, 5) is 2.41. The van der Waals surface area contributed by atoms with E-state index in [9.17, 15) is 0 Å². The lowest BCUT2D eigenvalue weighted by Crippen LogP contribution is -2.42. The summed E-state index contributed by atoms with van der Waals surface area (Å²) in [5, 5.41) is 8.80. The molecule has 0 aliphatic heterocycles. The van der Waals surface area contributed by atoms with Gasteiger partial charge >= 0.3 is 0 Å². The van der Waals surface area contributed by atoms with Gasteiger partial charge in [-0.2, -0.15) is 0 Å². The maximum atomic E-state index is 8.80. The Morgan fingerprint density at radius 3 is 2.64 bits per heavy atom. The van der Waals surface area contributed by atoms with Gasteiger partial charge in [-0.1, -0.05) is 13.0 Å². The summed E-state index contributed by atoms with van der Waals surface area (Å²) in [5.41, 5.74) is 1.08. The first-order chi connectivity index (χ1) is 6.77. The third-order valence-corrected chi connectivity index (χ3v) is 3.19.